The molecule has 0 aliphatic carbocycles. The Hall–Kier alpha value is -2.72. The fraction of sp³-hybridized carbons (Fsp3) is 0.476. The zero-order valence-electron chi connectivity index (χ0n) is 17.6. The highest BCUT2D eigenvalue weighted by atomic mass is 32.2. The summed E-state index contributed by atoms with van der Waals surface area (Å²) in [5.74, 6) is 0.675. The van der Waals surface area contributed by atoms with Crippen LogP contribution >= 0.6 is 0 Å². The number of amides is 1. The van der Waals surface area contributed by atoms with Gasteiger partial charge in [-0.05, 0) is 38.6 Å². The van der Waals surface area contributed by atoms with Gasteiger partial charge >= 0.3 is 0 Å². The molecule has 0 spiro atoms. The van der Waals surface area contributed by atoms with Gasteiger partial charge in [0.05, 0.1) is 40.5 Å². The maximum atomic E-state index is 13.5. The topological polar surface area (TPSA) is 102 Å². The van der Waals surface area contributed by atoms with Crippen LogP contribution in [0.25, 0.3) is 22.5 Å². The van der Waals surface area contributed by atoms with E-state index in [1.54, 1.807) is 29.1 Å². The molecule has 2 fully saturated rings. The fourth-order valence-corrected chi connectivity index (χ4v) is 6.13. The molecule has 0 saturated carbocycles. The number of hydrogen-bond acceptors (Lipinski definition) is 7. The van der Waals surface area contributed by atoms with E-state index in [9.17, 15) is 13.2 Å². The summed E-state index contributed by atoms with van der Waals surface area (Å²) in [5, 5.41) is 5.32. The van der Waals surface area contributed by atoms with Crippen molar-refractivity contribution in [2.45, 2.75) is 19.4 Å². The molecule has 2 saturated heterocycles. The van der Waals surface area contributed by atoms with Gasteiger partial charge in [0.25, 0.3) is 5.91 Å². The first-order valence-corrected chi connectivity index (χ1v) is 12.3. The summed E-state index contributed by atoms with van der Waals surface area (Å²) < 4.78 is 31.4. The SMILES string of the molecule is Cc1nn([C@H]2CCS(=O)(=O)C2)c2nc(-c3ccco3)cc(C(=O)N3CCN(C)CC3)c12. The van der Waals surface area contributed by atoms with Gasteiger partial charge in [-0.2, -0.15) is 5.10 Å². The van der Waals surface area contributed by atoms with Gasteiger partial charge in [0.1, 0.15) is 5.69 Å². The molecular weight excluding hydrogens is 418 g/mol. The lowest BCUT2D eigenvalue weighted by Crippen LogP contribution is -2.47. The Balaban J connectivity index is 1.66. The average molecular weight is 444 g/mol. The molecule has 31 heavy (non-hydrogen) atoms. The third-order valence-electron chi connectivity index (χ3n) is 6.19. The second kappa shape index (κ2) is 7.45. The molecule has 9 nitrogen and oxygen atoms in total. The molecule has 5 rings (SSSR count). The molecule has 0 bridgehead atoms. The molecule has 3 aromatic heterocycles. The Morgan fingerprint density at radius 3 is 2.65 bits per heavy atom. The zero-order chi connectivity index (χ0) is 21.8. The second-order valence-corrected chi connectivity index (χ2v) is 10.6. The molecule has 0 N–H and O–H groups in total. The van der Waals surface area contributed by atoms with E-state index in [4.69, 9.17) is 9.40 Å². The van der Waals surface area contributed by atoms with Crippen LogP contribution in [0.15, 0.2) is 28.9 Å². The minimum atomic E-state index is -3.09. The molecule has 2 aliphatic heterocycles. The Kier molecular flexibility index (Phi) is 4.86. The van der Waals surface area contributed by atoms with Gasteiger partial charge in [0.2, 0.25) is 0 Å². The van der Waals surface area contributed by atoms with E-state index in [1.165, 1.54) is 0 Å². The predicted molar refractivity (Wildman–Crippen MR) is 116 cm³/mol. The molecule has 1 amide bonds. The largest absolute Gasteiger partial charge is 0.463 e. The van der Waals surface area contributed by atoms with Gasteiger partial charge in [0.15, 0.2) is 21.2 Å². The quantitative estimate of drug-likeness (QED) is 0.608. The first kappa shape index (κ1) is 20.2. The Labute approximate surface area is 180 Å². The van der Waals surface area contributed by atoms with Crippen LogP contribution in [0.2, 0.25) is 0 Å². The van der Waals surface area contributed by atoms with Crippen LogP contribution in [0, 0.1) is 6.92 Å². The van der Waals surface area contributed by atoms with E-state index in [1.807, 2.05) is 18.9 Å². The van der Waals surface area contributed by atoms with Crippen molar-refractivity contribution in [3.63, 3.8) is 0 Å². The first-order valence-electron chi connectivity index (χ1n) is 10.4. The highest BCUT2D eigenvalue weighted by Gasteiger charge is 2.33. The maximum Gasteiger partial charge on any atom is 0.254 e. The average Bonchev–Trinajstić information content (AvgIpc) is 3.47. The first-order chi connectivity index (χ1) is 14.8. The number of aromatic nitrogens is 3. The number of likely N-dealkylation sites (N-methyl/N-ethyl adjacent to an activating group) is 1. The van der Waals surface area contributed by atoms with E-state index >= 15 is 0 Å². The molecule has 5 heterocycles. The van der Waals surface area contributed by atoms with Gasteiger partial charge in [-0.15, -0.1) is 0 Å². The highest BCUT2D eigenvalue weighted by Crippen LogP contribution is 2.32. The molecule has 1 atom stereocenters. The minimum absolute atomic E-state index is 0.0393. The molecule has 0 unspecified atom stereocenters. The molecule has 0 aromatic carbocycles. The third kappa shape index (κ3) is 3.63. The van der Waals surface area contributed by atoms with Crippen molar-refractivity contribution in [3.05, 3.63) is 35.7 Å². The Bertz CT molecular complexity index is 1240. The predicted octanol–water partition coefficient (Wildman–Crippen LogP) is 1.75. The lowest BCUT2D eigenvalue weighted by atomic mass is 10.1. The molecule has 3 aromatic rings. The van der Waals surface area contributed by atoms with Crippen LogP contribution in [-0.4, -0.2) is 83.6 Å². The lowest BCUT2D eigenvalue weighted by molar-refractivity contribution is 0.0666. The number of pyridine rings is 1. The van der Waals surface area contributed by atoms with Crippen LogP contribution < -0.4 is 0 Å². The van der Waals surface area contributed by atoms with E-state index < -0.39 is 9.84 Å². The highest BCUT2D eigenvalue weighted by molar-refractivity contribution is 7.91. The van der Waals surface area contributed by atoms with Gasteiger partial charge in [-0.1, -0.05) is 0 Å². The number of furan rings is 1. The van der Waals surface area contributed by atoms with Crippen LogP contribution in [0.3, 0.4) is 0 Å². The van der Waals surface area contributed by atoms with E-state index in [-0.39, 0.29) is 23.5 Å². The van der Waals surface area contributed by atoms with Crippen LogP contribution in [0.1, 0.15) is 28.5 Å². The van der Waals surface area contributed by atoms with Crippen molar-refractivity contribution in [1.29, 1.82) is 0 Å². The zero-order valence-corrected chi connectivity index (χ0v) is 18.4. The standard InChI is InChI=1S/C21H25N5O4S/c1-14-19-16(21(27)25-8-6-24(2)7-9-25)12-17(18-4-3-10-30-18)22-20(19)26(23-14)15-5-11-31(28,29)13-15/h3-4,10,12,15H,5-9,11,13H2,1-2H3/t15-/m0/s1. The smallest absolute Gasteiger partial charge is 0.254 e. The van der Waals surface area contributed by atoms with Crippen molar-refractivity contribution >= 4 is 26.8 Å². The van der Waals surface area contributed by atoms with E-state index in [0.29, 0.717) is 53.3 Å². The minimum Gasteiger partial charge on any atom is -0.463 e. The van der Waals surface area contributed by atoms with Gasteiger partial charge < -0.3 is 14.2 Å². The Morgan fingerprint density at radius 2 is 2.00 bits per heavy atom. The summed E-state index contributed by atoms with van der Waals surface area (Å²) in [7, 11) is -1.05. The van der Waals surface area contributed by atoms with Gasteiger partial charge in [-0.3, -0.25) is 4.79 Å². The molecule has 164 valence electrons. The number of aryl methyl sites for hydroxylation is 1. The van der Waals surface area contributed by atoms with Crippen molar-refractivity contribution < 1.29 is 17.6 Å². The van der Waals surface area contributed by atoms with Gasteiger partial charge in [-0.25, -0.2) is 18.1 Å². The number of carbonyl (C=O) groups is 1. The number of rotatable bonds is 3. The summed E-state index contributed by atoms with van der Waals surface area (Å²) in [5.41, 5.74) is 2.28. The lowest BCUT2D eigenvalue weighted by Gasteiger charge is -2.32. The monoisotopic (exact) mass is 443 g/mol. The summed E-state index contributed by atoms with van der Waals surface area (Å²) >= 11 is 0. The third-order valence-corrected chi connectivity index (χ3v) is 7.94. The van der Waals surface area contributed by atoms with Crippen molar-refractivity contribution in [3.8, 4) is 11.5 Å². The number of piperazine rings is 1. The van der Waals surface area contributed by atoms with Crippen molar-refractivity contribution in [2.75, 3.05) is 44.7 Å². The maximum absolute atomic E-state index is 13.5. The molecular formula is C21H25N5O4S. The normalized spacial score (nSPS) is 21.7. The second-order valence-electron chi connectivity index (χ2n) is 8.41. The number of nitrogens with zero attached hydrogens (tertiary/aromatic N) is 5. The molecule has 10 heteroatoms. The van der Waals surface area contributed by atoms with Crippen LogP contribution in [0.5, 0.6) is 0 Å². The van der Waals surface area contributed by atoms with E-state index in [0.717, 1.165) is 13.1 Å². The van der Waals surface area contributed by atoms with Crippen molar-refractivity contribution in [2.24, 2.45) is 0 Å². The molecule has 2 aliphatic rings. The number of sulfone groups is 1. The molecule has 0 radical (unpaired) electrons. The van der Waals surface area contributed by atoms with Crippen LogP contribution in [-0.2, 0) is 9.84 Å². The van der Waals surface area contributed by atoms with Crippen LogP contribution in [0.4, 0.5) is 0 Å². The summed E-state index contributed by atoms with van der Waals surface area (Å²) in [4.78, 5) is 22.4. The number of hydrogen-bond donors (Lipinski definition) is 0. The fourth-order valence-electron chi connectivity index (χ4n) is 4.43. The Morgan fingerprint density at radius 1 is 1.23 bits per heavy atom. The summed E-state index contributed by atoms with van der Waals surface area (Å²) in [6, 6.07) is 5.06. The summed E-state index contributed by atoms with van der Waals surface area (Å²) in [6.07, 6.45) is 2.06. The van der Waals surface area contributed by atoms with E-state index in [2.05, 4.69) is 10.00 Å². The van der Waals surface area contributed by atoms with Crippen molar-refractivity contribution in [1.82, 2.24) is 24.6 Å². The number of carbonyl (C=O) groups excluding carboxylic acids is 1. The summed E-state index contributed by atoms with van der Waals surface area (Å²) in [6.45, 7) is 4.80. The number of fused-ring (bicyclic) bond motifs is 1. The van der Waals surface area contributed by atoms with Gasteiger partial charge in [0, 0.05) is 26.2 Å².